The fourth-order valence-corrected chi connectivity index (χ4v) is 6.39. The van der Waals surface area contributed by atoms with Crippen molar-refractivity contribution >= 4 is 17.9 Å². The van der Waals surface area contributed by atoms with Gasteiger partial charge in [-0.1, -0.05) is 203 Å². The van der Waals surface area contributed by atoms with E-state index < -0.39 is 12.1 Å². The van der Waals surface area contributed by atoms with E-state index in [-0.39, 0.29) is 31.6 Å². The normalized spacial score (nSPS) is 12.7. The Morgan fingerprint density at radius 2 is 0.741 bits per heavy atom. The second-order valence-corrected chi connectivity index (χ2v) is 15.7. The Kier molecular flexibility index (Phi) is 44.0. The minimum absolute atomic E-state index is 0.108. The topological polar surface area (TPSA) is 78.9 Å². The minimum atomic E-state index is -0.814. The highest BCUT2D eigenvalue weighted by atomic mass is 16.6. The summed E-state index contributed by atoms with van der Waals surface area (Å²) in [5.74, 6) is -1.05. The highest BCUT2D eigenvalue weighted by molar-refractivity contribution is 5.72. The number of allylic oxidation sites excluding steroid dienone is 11. The van der Waals surface area contributed by atoms with Crippen LogP contribution in [0.15, 0.2) is 72.9 Å². The number of ether oxygens (including phenoxy) is 3. The van der Waals surface area contributed by atoms with Gasteiger partial charge in [-0.15, -0.1) is 0 Å². The fourth-order valence-electron chi connectivity index (χ4n) is 6.39. The molecule has 0 spiro atoms. The van der Waals surface area contributed by atoms with E-state index in [1.165, 1.54) is 96.3 Å². The molecular weight excluding hydrogens is 721 g/mol. The predicted octanol–water partition coefficient (Wildman–Crippen LogP) is 15.5. The van der Waals surface area contributed by atoms with Crippen LogP contribution in [-0.2, 0) is 28.6 Å². The van der Waals surface area contributed by atoms with Gasteiger partial charge in [0.25, 0.3) is 0 Å². The Labute approximate surface area is 357 Å². The van der Waals surface area contributed by atoms with Crippen LogP contribution in [0.5, 0.6) is 0 Å². The molecule has 0 aliphatic heterocycles. The number of carbonyl (C=O) groups is 3. The number of unbranched alkanes of at least 4 members (excludes halogenated alkanes) is 20. The second kappa shape index (κ2) is 46.5. The zero-order valence-corrected chi connectivity index (χ0v) is 37.8. The third kappa shape index (κ3) is 44.0. The van der Waals surface area contributed by atoms with E-state index in [4.69, 9.17) is 14.2 Å². The van der Waals surface area contributed by atoms with Crippen LogP contribution >= 0.6 is 0 Å². The highest BCUT2D eigenvalue weighted by Crippen LogP contribution is 2.14. The van der Waals surface area contributed by atoms with Gasteiger partial charge in [0.2, 0.25) is 0 Å². The molecule has 0 aliphatic carbocycles. The molecule has 0 aromatic heterocycles. The van der Waals surface area contributed by atoms with Crippen molar-refractivity contribution in [2.24, 2.45) is 0 Å². The molecule has 6 heteroatoms. The zero-order valence-electron chi connectivity index (χ0n) is 37.8. The number of hydrogen-bond donors (Lipinski definition) is 0. The molecule has 0 bridgehead atoms. The van der Waals surface area contributed by atoms with Gasteiger partial charge in [0, 0.05) is 12.8 Å². The molecule has 1 unspecified atom stereocenters. The predicted molar refractivity (Wildman–Crippen MR) is 247 cm³/mol. The standard InChI is InChI=1S/C52H88O6/c1-4-7-10-13-16-19-22-25-26-28-30-33-36-39-42-45-51(54)57-48-49(47-56-50(53)44-41-38-35-32-29-24-21-18-15-12-9-6-3)58-52(55)46-43-40-37-34-31-27-23-20-17-14-11-8-5-2/h7,10,16,18-19,21,25-26,30,33,39,42,49H,4-6,8-9,11-15,17,20,22-24,27-29,31-32,34-38,40-41,43-48H2,1-3H3/b10-7-,19-16-,21-18-,26-25-,33-30-,42-39-. The van der Waals surface area contributed by atoms with Gasteiger partial charge in [0.1, 0.15) is 13.2 Å². The molecule has 0 amide bonds. The van der Waals surface area contributed by atoms with E-state index in [0.717, 1.165) is 83.5 Å². The Hall–Kier alpha value is -3.15. The van der Waals surface area contributed by atoms with E-state index in [9.17, 15) is 14.4 Å². The highest BCUT2D eigenvalue weighted by Gasteiger charge is 2.19. The minimum Gasteiger partial charge on any atom is -0.462 e. The van der Waals surface area contributed by atoms with Gasteiger partial charge < -0.3 is 14.2 Å². The summed E-state index contributed by atoms with van der Waals surface area (Å²) in [6.07, 6.45) is 57.6. The maximum atomic E-state index is 12.7. The SMILES string of the molecule is CC/C=C\C/C=C\C/C=C\C/C=C\C/C=C\CC(=O)OCC(COC(=O)CCCCCCC/C=C\CCCCC)OC(=O)CCCCCCCCCCCCCCC. The van der Waals surface area contributed by atoms with Crippen LogP contribution in [-0.4, -0.2) is 37.2 Å². The van der Waals surface area contributed by atoms with Gasteiger partial charge in [0.15, 0.2) is 6.10 Å². The average molecular weight is 809 g/mol. The van der Waals surface area contributed by atoms with Crippen LogP contribution in [0.25, 0.3) is 0 Å². The number of carbonyl (C=O) groups excluding carboxylic acids is 3. The summed E-state index contributed by atoms with van der Waals surface area (Å²) in [7, 11) is 0. The van der Waals surface area contributed by atoms with Gasteiger partial charge in [-0.2, -0.15) is 0 Å². The molecule has 332 valence electrons. The van der Waals surface area contributed by atoms with E-state index in [1.807, 2.05) is 6.08 Å². The van der Waals surface area contributed by atoms with Crippen LogP contribution in [0.4, 0.5) is 0 Å². The van der Waals surface area contributed by atoms with E-state index in [2.05, 4.69) is 81.5 Å². The monoisotopic (exact) mass is 809 g/mol. The number of esters is 3. The summed E-state index contributed by atoms with van der Waals surface area (Å²) in [5.41, 5.74) is 0. The third-order valence-corrected chi connectivity index (χ3v) is 9.98. The van der Waals surface area contributed by atoms with Gasteiger partial charge >= 0.3 is 17.9 Å². The lowest BCUT2D eigenvalue weighted by molar-refractivity contribution is -0.166. The first kappa shape index (κ1) is 54.9. The Morgan fingerprint density at radius 1 is 0.379 bits per heavy atom. The molecule has 58 heavy (non-hydrogen) atoms. The molecule has 1 atom stereocenters. The number of rotatable bonds is 42. The zero-order chi connectivity index (χ0) is 42.3. The molecule has 0 radical (unpaired) electrons. The first-order chi connectivity index (χ1) is 28.5. The van der Waals surface area contributed by atoms with Crippen LogP contribution < -0.4 is 0 Å². The van der Waals surface area contributed by atoms with Crippen molar-refractivity contribution in [1.29, 1.82) is 0 Å². The molecule has 0 aromatic rings. The maximum absolute atomic E-state index is 12.7. The van der Waals surface area contributed by atoms with Gasteiger partial charge in [-0.25, -0.2) is 0 Å². The van der Waals surface area contributed by atoms with E-state index >= 15 is 0 Å². The van der Waals surface area contributed by atoms with Crippen LogP contribution in [0.3, 0.4) is 0 Å². The summed E-state index contributed by atoms with van der Waals surface area (Å²) in [6, 6.07) is 0. The Morgan fingerprint density at radius 3 is 1.22 bits per heavy atom. The Bertz CT molecular complexity index is 1110. The maximum Gasteiger partial charge on any atom is 0.309 e. The van der Waals surface area contributed by atoms with Gasteiger partial charge in [-0.05, 0) is 70.6 Å². The quantitative estimate of drug-likeness (QED) is 0.0264. The van der Waals surface area contributed by atoms with Gasteiger partial charge in [-0.3, -0.25) is 14.4 Å². The van der Waals surface area contributed by atoms with Crippen LogP contribution in [0.1, 0.15) is 220 Å². The molecule has 0 aromatic carbocycles. The van der Waals surface area contributed by atoms with Crippen molar-refractivity contribution in [3.8, 4) is 0 Å². The number of hydrogen-bond acceptors (Lipinski definition) is 6. The van der Waals surface area contributed by atoms with Crippen LogP contribution in [0.2, 0.25) is 0 Å². The lowest BCUT2D eigenvalue weighted by Gasteiger charge is -2.18. The Balaban J connectivity index is 4.51. The lowest BCUT2D eigenvalue weighted by atomic mass is 10.0. The summed E-state index contributed by atoms with van der Waals surface area (Å²) in [4.78, 5) is 37.8. The smallest absolute Gasteiger partial charge is 0.309 e. The summed E-state index contributed by atoms with van der Waals surface area (Å²) in [6.45, 7) is 6.39. The molecule has 6 nitrogen and oxygen atoms in total. The summed E-state index contributed by atoms with van der Waals surface area (Å²) in [5, 5.41) is 0. The fraction of sp³-hybridized carbons (Fsp3) is 0.712. The van der Waals surface area contributed by atoms with Crippen molar-refractivity contribution in [3.63, 3.8) is 0 Å². The van der Waals surface area contributed by atoms with Crippen molar-refractivity contribution in [3.05, 3.63) is 72.9 Å². The second-order valence-electron chi connectivity index (χ2n) is 15.7. The molecule has 0 rings (SSSR count). The van der Waals surface area contributed by atoms with Crippen molar-refractivity contribution in [2.45, 2.75) is 226 Å². The molecule has 0 saturated carbocycles. The molecular formula is C52H88O6. The molecule has 0 N–H and O–H groups in total. The van der Waals surface area contributed by atoms with E-state index in [1.54, 1.807) is 6.08 Å². The van der Waals surface area contributed by atoms with Crippen LogP contribution in [0, 0.1) is 0 Å². The summed E-state index contributed by atoms with van der Waals surface area (Å²) < 4.78 is 16.6. The van der Waals surface area contributed by atoms with Crippen molar-refractivity contribution in [2.75, 3.05) is 13.2 Å². The molecule has 0 heterocycles. The molecule has 0 saturated heterocycles. The van der Waals surface area contributed by atoms with Crippen molar-refractivity contribution < 1.29 is 28.6 Å². The molecule has 0 fully saturated rings. The third-order valence-electron chi connectivity index (χ3n) is 9.98. The lowest BCUT2D eigenvalue weighted by Crippen LogP contribution is -2.30. The molecule has 0 aliphatic rings. The average Bonchev–Trinajstić information content (AvgIpc) is 3.22. The van der Waals surface area contributed by atoms with Gasteiger partial charge in [0.05, 0.1) is 6.42 Å². The first-order valence-corrected chi connectivity index (χ1v) is 23.9. The van der Waals surface area contributed by atoms with E-state index in [0.29, 0.717) is 12.8 Å². The first-order valence-electron chi connectivity index (χ1n) is 23.9. The summed E-state index contributed by atoms with van der Waals surface area (Å²) >= 11 is 0. The van der Waals surface area contributed by atoms with Crippen molar-refractivity contribution in [1.82, 2.24) is 0 Å². The largest absolute Gasteiger partial charge is 0.462 e.